The second kappa shape index (κ2) is 5.56. The first-order valence-electron chi connectivity index (χ1n) is 6.51. The van der Waals surface area contributed by atoms with Crippen molar-refractivity contribution >= 4 is 11.2 Å². The average molecular weight is 276 g/mol. The first-order valence-corrected chi connectivity index (χ1v) is 6.51. The molecule has 2 atom stereocenters. The predicted octanol–water partition coefficient (Wildman–Crippen LogP) is 1.06. The molecular weight excluding hydrogens is 260 g/mol. The molecule has 1 saturated heterocycles. The lowest BCUT2D eigenvalue weighted by Gasteiger charge is -2.13. The van der Waals surface area contributed by atoms with Crippen LogP contribution in [-0.2, 0) is 4.74 Å². The van der Waals surface area contributed by atoms with Gasteiger partial charge in [0.2, 0.25) is 5.88 Å². The minimum Gasteiger partial charge on any atom is -0.472 e. The maximum atomic E-state index is 9.13. The Morgan fingerprint density at radius 2 is 2.35 bits per heavy atom. The Morgan fingerprint density at radius 3 is 3.10 bits per heavy atom. The van der Waals surface area contributed by atoms with Crippen LogP contribution in [0.15, 0.2) is 25.3 Å². The van der Waals surface area contributed by atoms with Gasteiger partial charge in [-0.15, -0.1) is 0 Å². The third kappa shape index (κ3) is 2.25. The highest BCUT2D eigenvalue weighted by Crippen LogP contribution is 2.31. The Kier molecular flexibility index (Phi) is 3.62. The van der Waals surface area contributed by atoms with Crippen molar-refractivity contribution in [3.63, 3.8) is 0 Å². The lowest BCUT2D eigenvalue weighted by molar-refractivity contribution is -0.0207. The standard InChI is InChI=1S/C13H16N4O3/c1-2-5-19-13-11-12(14-7-15-13)17(8-16-11)10-4-3-9(6-18)20-10/h2,7-10,18H,1,3-6H2/t9-,10+/m0/s1. The summed E-state index contributed by atoms with van der Waals surface area (Å²) in [5.41, 5.74) is 1.27. The van der Waals surface area contributed by atoms with Crippen molar-refractivity contribution in [2.75, 3.05) is 13.2 Å². The van der Waals surface area contributed by atoms with Crippen molar-refractivity contribution in [3.8, 4) is 5.88 Å². The molecule has 7 heteroatoms. The SMILES string of the molecule is C=CCOc1ncnc2c1ncn2[C@H]1CC[C@@H](CO)O1. The van der Waals surface area contributed by atoms with Gasteiger partial charge in [0, 0.05) is 0 Å². The van der Waals surface area contributed by atoms with Crippen LogP contribution in [0.25, 0.3) is 11.2 Å². The van der Waals surface area contributed by atoms with E-state index in [1.165, 1.54) is 6.33 Å². The van der Waals surface area contributed by atoms with Crippen LogP contribution < -0.4 is 4.74 Å². The van der Waals surface area contributed by atoms with E-state index in [4.69, 9.17) is 14.6 Å². The number of nitrogens with zero attached hydrogens (tertiary/aromatic N) is 4. The largest absolute Gasteiger partial charge is 0.472 e. The van der Waals surface area contributed by atoms with Gasteiger partial charge >= 0.3 is 0 Å². The van der Waals surface area contributed by atoms with Crippen LogP contribution >= 0.6 is 0 Å². The summed E-state index contributed by atoms with van der Waals surface area (Å²) in [7, 11) is 0. The summed E-state index contributed by atoms with van der Waals surface area (Å²) in [4.78, 5) is 12.6. The summed E-state index contributed by atoms with van der Waals surface area (Å²) in [5, 5.41) is 9.13. The maximum Gasteiger partial charge on any atom is 0.245 e. The summed E-state index contributed by atoms with van der Waals surface area (Å²) in [6.45, 7) is 4.00. The van der Waals surface area contributed by atoms with Gasteiger partial charge in [-0.05, 0) is 12.8 Å². The fraction of sp³-hybridized carbons (Fsp3) is 0.462. The summed E-state index contributed by atoms with van der Waals surface area (Å²) in [6.07, 6.45) is 6.14. The second-order valence-corrected chi connectivity index (χ2v) is 4.58. The van der Waals surface area contributed by atoms with E-state index in [9.17, 15) is 0 Å². The van der Waals surface area contributed by atoms with Gasteiger partial charge in [-0.1, -0.05) is 12.7 Å². The van der Waals surface area contributed by atoms with Crippen LogP contribution in [0, 0.1) is 0 Å². The van der Waals surface area contributed by atoms with Gasteiger partial charge in [0.1, 0.15) is 19.2 Å². The summed E-state index contributed by atoms with van der Waals surface area (Å²) < 4.78 is 13.1. The van der Waals surface area contributed by atoms with Crippen LogP contribution in [-0.4, -0.2) is 43.9 Å². The Hall–Kier alpha value is -1.99. The molecule has 0 saturated carbocycles. The lowest BCUT2D eigenvalue weighted by atomic mass is 10.2. The van der Waals surface area contributed by atoms with E-state index in [0.717, 1.165) is 12.8 Å². The van der Waals surface area contributed by atoms with Crippen LogP contribution in [0.1, 0.15) is 19.1 Å². The molecule has 0 bridgehead atoms. The summed E-state index contributed by atoms with van der Waals surface area (Å²) in [5.74, 6) is 0.436. The zero-order valence-corrected chi connectivity index (χ0v) is 11.0. The van der Waals surface area contributed by atoms with E-state index in [1.807, 2.05) is 4.57 Å². The molecule has 1 aliphatic heterocycles. The minimum absolute atomic E-state index is 0.0335. The van der Waals surface area contributed by atoms with Gasteiger partial charge in [0.15, 0.2) is 11.2 Å². The molecule has 1 N–H and O–H groups in total. The average Bonchev–Trinajstić information content (AvgIpc) is 3.10. The molecule has 106 valence electrons. The lowest BCUT2D eigenvalue weighted by Crippen LogP contribution is -2.14. The van der Waals surface area contributed by atoms with Crippen molar-refractivity contribution in [1.82, 2.24) is 19.5 Å². The quantitative estimate of drug-likeness (QED) is 0.822. The second-order valence-electron chi connectivity index (χ2n) is 4.58. The van der Waals surface area contributed by atoms with E-state index in [2.05, 4.69) is 21.5 Å². The molecule has 1 fully saturated rings. The molecule has 0 amide bonds. The number of imidazole rings is 1. The first-order chi connectivity index (χ1) is 9.83. The van der Waals surface area contributed by atoms with Crippen molar-refractivity contribution in [2.24, 2.45) is 0 Å². The molecule has 20 heavy (non-hydrogen) atoms. The van der Waals surface area contributed by atoms with Crippen molar-refractivity contribution in [3.05, 3.63) is 25.3 Å². The molecular formula is C13H16N4O3. The Bertz CT molecular complexity index is 613. The van der Waals surface area contributed by atoms with Crippen LogP contribution in [0.3, 0.4) is 0 Å². The third-order valence-corrected chi connectivity index (χ3v) is 3.26. The predicted molar refractivity (Wildman–Crippen MR) is 71.2 cm³/mol. The highest BCUT2D eigenvalue weighted by Gasteiger charge is 2.27. The number of hydrogen-bond donors (Lipinski definition) is 1. The van der Waals surface area contributed by atoms with Crippen LogP contribution in [0.2, 0.25) is 0 Å². The minimum atomic E-state index is -0.153. The summed E-state index contributed by atoms with van der Waals surface area (Å²) in [6, 6.07) is 0. The maximum absolute atomic E-state index is 9.13. The Balaban J connectivity index is 1.91. The van der Waals surface area contributed by atoms with E-state index < -0.39 is 0 Å². The van der Waals surface area contributed by atoms with Crippen LogP contribution in [0.4, 0.5) is 0 Å². The van der Waals surface area contributed by atoms with Gasteiger partial charge in [-0.2, -0.15) is 4.98 Å². The van der Waals surface area contributed by atoms with Gasteiger partial charge in [-0.25, -0.2) is 9.97 Å². The molecule has 1 aliphatic rings. The molecule has 2 aromatic heterocycles. The fourth-order valence-corrected chi connectivity index (χ4v) is 2.31. The van der Waals surface area contributed by atoms with E-state index in [0.29, 0.717) is 23.7 Å². The van der Waals surface area contributed by atoms with Crippen molar-refractivity contribution < 1.29 is 14.6 Å². The third-order valence-electron chi connectivity index (χ3n) is 3.26. The molecule has 2 aromatic rings. The number of ether oxygens (including phenoxy) is 2. The zero-order valence-electron chi connectivity index (χ0n) is 11.0. The smallest absolute Gasteiger partial charge is 0.245 e. The van der Waals surface area contributed by atoms with E-state index in [-0.39, 0.29) is 18.9 Å². The molecule has 0 spiro atoms. The van der Waals surface area contributed by atoms with Crippen molar-refractivity contribution in [2.45, 2.75) is 25.2 Å². The monoisotopic (exact) mass is 276 g/mol. The molecule has 7 nitrogen and oxygen atoms in total. The van der Waals surface area contributed by atoms with Gasteiger partial charge in [-0.3, -0.25) is 4.57 Å². The Morgan fingerprint density at radius 1 is 1.45 bits per heavy atom. The fourth-order valence-electron chi connectivity index (χ4n) is 2.31. The van der Waals surface area contributed by atoms with Gasteiger partial charge < -0.3 is 14.6 Å². The molecule has 0 aromatic carbocycles. The number of hydrogen-bond acceptors (Lipinski definition) is 6. The van der Waals surface area contributed by atoms with Gasteiger partial charge in [0.05, 0.1) is 19.0 Å². The van der Waals surface area contributed by atoms with Crippen LogP contribution in [0.5, 0.6) is 5.88 Å². The molecule has 0 radical (unpaired) electrons. The van der Waals surface area contributed by atoms with Gasteiger partial charge in [0.25, 0.3) is 0 Å². The molecule has 3 heterocycles. The van der Waals surface area contributed by atoms with E-state index in [1.54, 1.807) is 12.4 Å². The zero-order chi connectivity index (χ0) is 13.9. The highest BCUT2D eigenvalue weighted by molar-refractivity contribution is 5.76. The Labute approximate surface area is 115 Å². The molecule has 3 rings (SSSR count). The number of aromatic nitrogens is 4. The molecule has 0 aliphatic carbocycles. The van der Waals surface area contributed by atoms with E-state index >= 15 is 0 Å². The number of rotatable bonds is 5. The van der Waals surface area contributed by atoms with Crippen molar-refractivity contribution in [1.29, 1.82) is 0 Å². The molecule has 0 unspecified atom stereocenters. The number of aliphatic hydroxyl groups excluding tert-OH is 1. The topological polar surface area (TPSA) is 82.3 Å². The highest BCUT2D eigenvalue weighted by atomic mass is 16.5. The number of aliphatic hydroxyl groups is 1. The first kappa shape index (κ1) is 13.0. The summed E-state index contributed by atoms with van der Waals surface area (Å²) >= 11 is 0. The normalized spacial score (nSPS) is 22.2. The number of fused-ring (bicyclic) bond motifs is 1.